The fourth-order valence-electron chi connectivity index (χ4n) is 2.17. The lowest BCUT2D eigenvalue weighted by atomic mass is 9.88. The van der Waals surface area contributed by atoms with Crippen LogP contribution in [-0.2, 0) is 0 Å². The molecular weight excluding hydrogens is 179 g/mol. The molecule has 1 fully saturated rings. The van der Waals surface area contributed by atoms with Gasteiger partial charge in [-0.25, -0.2) is 0 Å². The molecule has 0 saturated heterocycles. The van der Waals surface area contributed by atoms with E-state index in [1.807, 2.05) is 0 Å². The topological polar surface area (TPSA) is 26.0 Å². The first-order chi connectivity index (χ1) is 6.03. The average molecular weight is 195 g/mol. The summed E-state index contributed by atoms with van der Waals surface area (Å²) in [6.45, 7) is 0.171. The highest BCUT2D eigenvalue weighted by molar-refractivity contribution is 4.77. The van der Waals surface area contributed by atoms with Gasteiger partial charge in [0.25, 0.3) is 0 Å². The van der Waals surface area contributed by atoms with Gasteiger partial charge in [-0.2, -0.15) is 13.2 Å². The van der Waals surface area contributed by atoms with Crippen LogP contribution >= 0.6 is 0 Å². The zero-order valence-electron chi connectivity index (χ0n) is 7.61. The SMILES string of the molecule is NC[C@H](CC(F)(F)F)C1CCCC1. The Morgan fingerprint density at radius 3 is 2.15 bits per heavy atom. The average Bonchev–Trinajstić information content (AvgIpc) is 2.50. The van der Waals surface area contributed by atoms with Crippen LogP contribution in [0.1, 0.15) is 32.1 Å². The Balaban J connectivity index is 2.42. The molecule has 0 bridgehead atoms. The molecule has 0 amide bonds. The first-order valence-corrected chi connectivity index (χ1v) is 4.80. The van der Waals surface area contributed by atoms with Crippen molar-refractivity contribution in [2.75, 3.05) is 6.54 Å². The Labute approximate surface area is 76.5 Å². The first-order valence-electron chi connectivity index (χ1n) is 4.80. The molecule has 0 aliphatic heterocycles. The quantitative estimate of drug-likeness (QED) is 0.736. The van der Waals surface area contributed by atoms with E-state index < -0.39 is 12.6 Å². The molecule has 0 aromatic carbocycles. The first kappa shape index (κ1) is 10.8. The minimum Gasteiger partial charge on any atom is -0.330 e. The smallest absolute Gasteiger partial charge is 0.330 e. The second-order valence-electron chi connectivity index (χ2n) is 3.86. The summed E-state index contributed by atoms with van der Waals surface area (Å²) >= 11 is 0. The van der Waals surface area contributed by atoms with Gasteiger partial charge >= 0.3 is 6.18 Å². The summed E-state index contributed by atoms with van der Waals surface area (Å²) in [6, 6.07) is 0. The third kappa shape index (κ3) is 3.55. The third-order valence-corrected chi connectivity index (χ3v) is 2.86. The van der Waals surface area contributed by atoms with Crippen molar-refractivity contribution in [2.45, 2.75) is 38.3 Å². The predicted octanol–water partition coefficient (Wildman–Crippen LogP) is 2.70. The van der Waals surface area contributed by atoms with Crippen LogP contribution in [0.15, 0.2) is 0 Å². The van der Waals surface area contributed by atoms with E-state index >= 15 is 0 Å². The molecule has 1 nitrogen and oxygen atoms in total. The molecule has 0 spiro atoms. The maximum Gasteiger partial charge on any atom is 0.389 e. The number of nitrogens with two attached hydrogens (primary N) is 1. The predicted molar refractivity (Wildman–Crippen MR) is 45.2 cm³/mol. The van der Waals surface area contributed by atoms with Crippen LogP contribution in [0.5, 0.6) is 0 Å². The molecule has 1 aliphatic rings. The highest BCUT2D eigenvalue weighted by Crippen LogP contribution is 2.36. The van der Waals surface area contributed by atoms with Gasteiger partial charge in [-0.1, -0.05) is 25.7 Å². The molecule has 13 heavy (non-hydrogen) atoms. The normalized spacial score (nSPS) is 22.2. The third-order valence-electron chi connectivity index (χ3n) is 2.86. The molecule has 0 heterocycles. The van der Waals surface area contributed by atoms with Gasteiger partial charge in [0.2, 0.25) is 0 Å². The summed E-state index contributed by atoms with van der Waals surface area (Å²) in [5, 5.41) is 0. The lowest BCUT2D eigenvalue weighted by Crippen LogP contribution is -2.27. The van der Waals surface area contributed by atoms with Gasteiger partial charge in [0.15, 0.2) is 0 Å². The van der Waals surface area contributed by atoms with Crippen LogP contribution in [0.4, 0.5) is 13.2 Å². The Morgan fingerprint density at radius 2 is 1.77 bits per heavy atom. The van der Waals surface area contributed by atoms with Gasteiger partial charge in [0, 0.05) is 6.42 Å². The number of alkyl halides is 3. The second kappa shape index (κ2) is 4.31. The van der Waals surface area contributed by atoms with Crippen LogP contribution in [0.25, 0.3) is 0 Å². The van der Waals surface area contributed by atoms with Gasteiger partial charge < -0.3 is 5.73 Å². The van der Waals surface area contributed by atoms with Gasteiger partial charge in [-0.05, 0) is 18.4 Å². The fourth-order valence-corrected chi connectivity index (χ4v) is 2.17. The van der Waals surface area contributed by atoms with E-state index in [1.165, 1.54) is 0 Å². The van der Waals surface area contributed by atoms with Gasteiger partial charge in [0.1, 0.15) is 0 Å². The van der Waals surface area contributed by atoms with E-state index in [2.05, 4.69) is 0 Å². The molecule has 1 saturated carbocycles. The lowest BCUT2D eigenvalue weighted by molar-refractivity contribution is -0.147. The number of halogens is 3. The van der Waals surface area contributed by atoms with Gasteiger partial charge in [-0.3, -0.25) is 0 Å². The molecule has 1 rings (SSSR count). The van der Waals surface area contributed by atoms with Crippen molar-refractivity contribution in [1.82, 2.24) is 0 Å². The van der Waals surface area contributed by atoms with Crippen molar-refractivity contribution in [2.24, 2.45) is 17.6 Å². The summed E-state index contributed by atoms with van der Waals surface area (Å²) in [6.07, 6.45) is -0.755. The van der Waals surface area contributed by atoms with Crippen molar-refractivity contribution in [3.63, 3.8) is 0 Å². The van der Waals surface area contributed by atoms with E-state index in [4.69, 9.17) is 5.73 Å². The molecule has 0 aromatic heterocycles. The Bertz CT molecular complexity index is 149. The highest BCUT2D eigenvalue weighted by Gasteiger charge is 2.35. The summed E-state index contributed by atoms with van der Waals surface area (Å²) in [4.78, 5) is 0. The zero-order valence-corrected chi connectivity index (χ0v) is 7.61. The molecule has 2 N–H and O–H groups in total. The molecule has 0 radical (unpaired) electrons. The van der Waals surface area contributed by atoms with E-state index in [1.54, 1.807) is 0 Å². The molecule has 1 atom stereocenters. The molecule has 4 heteroatoms. The summed E-state index contributed by atoms with van der Waals surface area (Å²) in [7, 11) is 0. The van der Waals surface area contributed by atoms with Gasteiger partial charge in [0.05, 0.1) is 0 Å². The number of rotatable bonds is 3. The lowest BCUT2D eigenvalue weighted by Gasteiger charge is -2.22. The van der Waals surface area contributed by atoms with Crippen LogP contribution in [0, 0.1) is 11.8 Å². The van der Waals surface area contributed by atoms with E-state index in [-0.39, 0.29) is 18.4 Å². The maximum absolute atomic E-state index is 12.1. The van der Waals surface area contributed by atoms with Crippen LogP contribution in [0.2, 0.25) is 0 Å². The van der Waals surface area contributed by atoms with Crippen LogP contribution < -0.4 is 5.73 Å². The van der Waals surface area contributed by atoms with Crippen molar-refractivity contribution in [1.29, 1.82) is 0 Å². The maximum atomic E-state index is 12.1. The molecule has 78 valence electrons. The molecular formula is C9H16F3N. The van der Waals surface area contributed by atoms with Crippen molar-refractivity contribution >= 4 is 0 Å². The Kier molecular flexibility index (Phi) is 3.59. The monoisotopic (exact) mass is 195 g/mol. The van der Waals surface area contributed by atoms with E-state index in [0.29, 0.717) is 0 Å². The minimum atomic E-state index is -4.05. The van der Waals surface area contributed by atoms with Crippen molar-refractivity contribution in [3.05, 3.63) is 0 Å². The molecule has 0 aromatic rings. The summed E-state index contributed by atoms with van der Waals surface area (Å²) < 4.78 is 36.3. The molecule has 0 unspecified atom stereocenters. The second-order valence-corrected chi connectivity index (χ2v) is 3.86. The number of hydrogen-bond acceptors (Lipinski definition) is 1. The van der Waals surface area contributed by atoms with Crippen molar-refractivity contribution < 1.29 is 13.2 Å². The van der Waals surface area contributed by atoms with E-state index in [9.17, 15) is 13.2 Å². The minimum absolute atomic E-state index is 0.171. The van der Waals surface area contributed by atoms with Crippen LogP contribution in [0.3, 0.4) is 0 Å². The standard InChI is InChI=1S/C9H16F3N/c10-9(11,12)5-8(6-13)7-3-1-2-4-7/h7-8H,1-6,13H2/t8-/m0/s1. The van der Waals surface area contributed by atoms with Crippen molar-refractivity contribution in [3.8, 4) is 0 Å². The van der Waals surface area contributed by atoms with Crippen LogP contribution in [-0.4, -0.2) is 12.7 Å². The highest BCUT2D eigenvalue weighted by atomic mass is 19.4. The number of hydrogen-bond donors (Lipinski definition) is 1. The zero-order chi connectivity index (χ0) is 9.90. The summed E-state index contributed by atoms with van der Waals surface area (Å²) in [5.74, 6) is -0.130. The Hall–Kier alpha value is -0.250. The fraction of sp³-hybridized carbons (Fsp3) is 1.00. The molecule has 1 aliphatic carbocycles. The summed E-state index contributed by atoms with van der Waals surface area (Å²) in [5.41, 5.74) is 5.36. The van der Waals surface area contributed by atoms with Gasteiger partial charge in [-0.15, -0.1) is 0 Å². The van der Waals surface area contributed by atoms with E-state index in [0.717, 1.165) is 25.7 Å². The Morgan fingerprint density at radius 1 is 1.23 bits per heavy atom. The largest absolute Gasteiger partial charge is 0.389 e.